The lowest BCUT2D eigenvalue weighted by atomic mass is 9.68. The minimum absolute atomic E-state index is 0. The van der Waals surface area contributed by atoms with Gasteiger partial charge in [0.25, 0.3) is 0 Å². The van der Waals surface area contributed by atoms with Crippen LogP contribution in [0, 0.1) is 17.8 Å². The second-order valence-corrected chi connectivity index (χ2v) is 6.36. The van der Waals surface area contributed by atoms with E-state index in [0.717, 1.165) is 30.3 Å². The molecule has 1 saturated carbocycles. The third-order valence-corrected chi connectivity index (χ3v) is 5.35. The Morgan fingerprint density at radius 1 is 1.00 bits per heavy atom. The highest BCUT2D eigenvalue weighted by Crippen LogP contribution is 2.43. The second kappa shape index (κ2) is 6.65. The van der Waals surface area contributed by atoms with E-state index in [1.165, 1.54) is 38.0 Å². The molecule has 4 fully saturated rings. The maximum absolute atomic E-state index is 3.75. The van der Waals surface area contributed by atoms with Gasteiger partial charge in [-0.05, 0) is 42.7 Å². The van der Waals surface area contributed by atoms with E-state index in [0.29, 0.717) is 0 Å². The fraction of sp³-hybridized carbons (Fsp3) is 0.625. The van der Waals surface area contributed by atoms with Gasteiger partial charge in [0.05, 0.1) is 0 Å². The Hall–Kier alpha value is -0.280. The number of piperidine rings is 2. The maximum Gasteiger partial charge on any atom is 0.0233 e. The SMILES string of the molecule is Cl.Cl.c1ccc(CN2CC3C4CCC(NC4)C3C2)cc1. The number of nitrogens with zero attached hydrogens (tertiary/aromatic N) is 1. The third kappa shape index (κ3) is 2.85. The summed E-state index contributed by atoms with van der Waals surface area (Å²) in [6.45, 7) is 5.08. The first-order valence-electron chi connectivity index (χ1n) is 7.40. The molecule has 3 aliphatic heterocycles. The smallest absolute Gasteiger partial charge is 0.0233 e. The summed E-state index contributed by atoms with van der Waals surface area (Å²) in [6.07, 6.45) is 2.89. The molecule has 2 bridgehead atoms. The highest BCUT2D eigenvalue weighted by atomic mass is 35.5. The quantitative estimate of drug-likeness (QED) is 0.903. The summed E-state index contributed by atoms with van der Waals surface area (Å²) < 4.78 is 0. The fourth-order valence-corrected chi connectivity index (χ4v) is 4.47. The monoisotopic (exact) mass is 314 g/mol. The van der Waals surface area contributed by atoms with E-state index in [-0.39, 0.29) is 24.8 Å². The first kappa shape index (κ1) is 16.1. The van der Waals surface area contributed by atoms with Crippen molar-refractivity contribution < 1.29 is 0 Å². The number of halogens is 2. The van der Waals surface area contributed by atoms with E-state index >= 15 is 0 Å². The standard InChI is InChI=1S/C16H22N2.2ClH/c1-2-4-12(5-3-1)9-18-10-14-13-6-7-16(17-8-13)15(14)11-18;;/h1-5,13-17H,6-11H2;2*1H. The van der Waals surface area contributed by atoms with Gasteiger partial charge in [-0.1, -0.05) is 30.3 Å². The van der Waals surface area contributed by atoms with E-state index in [9.17, 15) is 0 Å². The van der Waals surface area contributed by atoms with Crippen LogP contribution in [0.3, 0.4) is 0 Å². The zero-order chi connectivity index (χ0) is 11.9. The molecule has 1 N–H and O–H groups in total. The van der Waals surface area contributed by atoms with E-state index in [1.54, 1.807) is 0 Å². The minimum Gasteiger partial charge on any atom is -0.313 e. The second-order valence-electron chi connectivity index (χ2n) is 6.36. The van der Waals surface area contributed by atoms with Gasteiger partial charge in [0.1, 0.15) is 0 Å². The lowest BCUT2D eigenvalue weighted by Crippen LogP contribution is -2.54. The van der Waals surface area contributed by atoms with E-state index < -0.39 is 0 Å². The number of likely N-dealkylation sites (tertiary alicyclic amines) is 1. The molecule has 1 aromatic rings. The van der Waals surface area contributed by atoms with Crippen LogP contribution in [-0.2, 0) is 6.54 Å². The summed E-state index contributed by atoms with van der Waals surface area (Å²) in [4.78, 5) is 2.68. The molecule has 3 saturated heterocycles. The first-order valence-corrected chi connectivity index (χ1v) is 7.40. The molecule has 1 aliphatic carbocycles. The number of benzene rings is 1. The van der Waals surface area contributed by atoms with Gasteiger partial charge in [-0.3, -0.25) is 4.90 Å². The van der Waals surface area contributed by atoms with Gasteiger partial charge in [-0.15, -0.1) is 24.8 Å². The van der Waals surface area contributed by atoms with Gasteiger partial charge in [0.2, 0.25) is 0 Å². The first-order chi connectivity index (χ1) is 8.90. The van der Waals surface area contributed by atoms with Gasteiger partial charge in [-0.2, -0.15) is 0 Å². The highest BCUT2D eigenvalue weighted by Gasteiger charge is 2.47. The largest absolute Gasteiger partial charge is 0.313 e. The van der Waals surface area contributed by atoms with Crippen LogP contribution in [0.15, 0.2) is 30.3 Å². The fourth-order valence-electron chi connectivity index (χ4n) is 4.47. The molecule has 0 aromatic heterocycles. The predicted octanol–water partition coefficient (Wildman–Crippen LogP) is 2.96. The summed E-state index contributed by atoms with van der Waals surface area (Å²) in [7, 11) is 0. The minimum atomic E-state index is 0. The molecule has 4 heteroatoms. The molecule has 4 aliphatic rings. The van der Waals surface area contributed by atoms with Gasteiger partial charge in [0, 0.05) is 25.7 Å². The summed E-state index contributed by atoms with van der Waals surface area (Å²) in [6, 6.07) is 11.8. The van der Waals surface area contributed by atoms with Crippen molar-refractivity contribution >= 4 is 24.8 Å². The van der Waals surface area contributed by atoms with Gasteiger partial charge in [-0.25, -0.2) is 0 Å². The average molecular weight is 315 g/mol. The summed E-state index contributed by atoms with van der Waals surface area (Å²) in [5.41, 5.74) is 1.47. The van der Waals surface area contributed by atoms with Crippen molar-refractivity contribution in [1.29, 1.82) is 0 Å². The molecule has 4 unspecified atom stereocenters. The van der Waals surface area contributed by atoms with E-state index in [2.05, 4.69) is 40.5 Å². The Bertz CT molecular complexity index is 398. The zero-order valence-electron chi connectivity index (χ0n) is 11.7. The Balaban J connectivity index is 0.000000735. The molecular weight excluding hydrogens is 291 g/mol. The molecule has 2 nitrogen and oxygen atoms in total. The average Bonchev–Trinajstić information content (AvgIpc) is 2.86. The molecule has 3 heterocycles. The molecule has 0 spiro atoms. The number of fused-ring (bicyclic) bond motifs is 2. The Labute approximate surface area is 134 Å². The van der Waals surface area contributed by atoms with Gasteiger partial charge in [0.15, 0.2) is 0 Å². The number of rotatable bonds is 2. The molecule has 112 valence electrons. The number of nitrogens with one attached hydrogen (secondary N) is 1. The van der Waals surface area contributed by atoms with Crippen molar-refractivity contribution in [2.45, 2.75) is 25.4 Å². The van der Waals surface area contributed by atoms with Crippen LogP contribution in [0.1, 0.15) is 18.4 Å². The molecule has 0 radical (unpaired) electrons. The topological polar surface area (TPSA) is 15.3 Å². The maximum atomic E-state index is 3.75. The highest BCUT2D eigenvalue weighted by molar-refractivity contribution is 5.85. The normalized spacial score (nSPS) is 35.0. The number of hydrogen-bond donors (Lipinski definition) is 1. The van der Waals surface area contributed by atoms with Crippen LogP contribution in [0.25, 0.3) is 0 Å². The van der Waals surface area contributed by atoms with Crippen molar-refractivity contribution in [3.63, 3.8) is 0 Å². The van der Waals surface area contributed by atoms with Crippen LogP contribution >= 0.6 is 24.8 Å². The van der Waals surface area contributed by atoms with Crippen molar-refractivity contribution in [3.05, 3.63) is 35.9 Å². The van der Waals surface area contributed by atoms with Gasteiger partial charge >= 0.3 is 0 Å². The number of hydrogen-bond acceptors (Lipinski definition) is 2. The van der Waals surface area contributed by atoms with E-state index in [4.69, 9.17) is 0 Å². The van der Waals surface area contributed by atoms with Crippen LogP contribution in [0.5, 0.6) is 0 Å². The summed E-state index contributed by atoms with van der Waals surface area (Å²) >= 11 is 0. The Morgan fingerprint density at radius 3 is 2.40 bits per heavy atom. The zero-order valence-corrected chi connectivity index (χ0v) is 13.3. The molecular formula is C16H24Cl2N2. The molecule has 20 heavy (non-hydrogen) atoms. The molecule has 5 rings (SSSR count). The molecule has 4 atom stereocenters. The Morgan fingerprint density at radius 2 is 1.75 bits per heavy atom. The summed E-state index contributed by atoms with van der Waals surface area (Å²) in [5, 5.41) is 3.75. The third-order valence-electron chi connectivity index (χ3n) is 5.35. The molecule has 0 amide bonds. The van der Waals surface area contributed by atoms with Crippen molar-refractivity contribution in [2.75, 3.05) is 19.6 Å². The lowest BCUT2D eigenvalue weighted by molar-refractivity contribution is 0.0926. The van der Waals surface area contributed by atoms with Crippen LogP contribution in [0.4, 0.5) is 0 Å². The van der Waals surface area contributed by atoms with Gasteiger partial charge < -0.3 is 5.32 Å². The predicted molar refractivity (Wildman–Crippen MR) is 87.7 cm³/mol. The van der Waals surface area contributed by atoms with Crippen LogP contribution in [-0.4, -0.2) is 30.6 Å². The van der Waals surface area contributed by atoms with Crippen LogP contribution in [0.2, 0.25) is 0 Å². The lowest BCUT2D eigenvalue weighted by Gasteiger charge is -2.45. The van der Waals surface area contributed by atoms with Crippen molar-refractivity contribution in [3.8, 4) is 0 Å². The van der Waals surface area contributed by atoms with Crippen molar-refractivity contribution in [1.82, 2.24) is 10.2 Å². The Kier molecular flexibility index (Phi) is 5.36. The summed E-state index contributed by atoms with van der Waals surface area (Å²) in [5.74, 6) is 2.87. The van der Waals surface area contributed by atoms with E-state index in [1.807, 2.05) is 0 Å². The molecule has 1 aromatic carbocycles. The van der Waals surface area contributed by atoms with Crippen molar-refractivity contribution in [2.24, 2.45) is 17.8 Å². The van der Waals surface area contributed by atoms with Crippen LogP contribution < -0.4 is 5.32 Å².